The molecule has 3 nitrogen and oxygen atoms in total. The molecule has 1 N–H and O–H groups in total. The van der Waals surface area contributed by atoms with E-state index in [1.54, 1.807) is 13.8 Å². The Morgan fingerprint density at radius 3 is 2.00 bits per heavy atom. The number of rotatable bonds is 3. The van der Waals surface area contributed by atoms with Crippen LogP contribution in [0.25, 0.3) is 0 Å². The van der Waals surface area contributed by atoms with Crippen LogP contribution in [0.2, 0.25) is 0 Å². The van der Waals surface area contributed by atoms with Crippen molar-refractivity contribution < 1.29 is 13.5 Å². The smallest absolute Gasteiger partial charge is 0.160 e. The summed E-state index contributed by atoms with van der Waals surface area (Å²) in [4.78, 5) is 0. The second kappa shape index (κ2) is 2.45. The van der Waals surface area contributed by atoms with Gasteiger partial charge in [0.1, 0.15) is 0 Å². The lowest BCUT2D eigenvalue weighted by molar-refractivity contribution is 0.283. The maximum absolute atomic E-state index is 11.5. The standard InChI is InChI=1S/C7H14O3S/c1-6(2)11(9,10)7(5-8)3-4-7/h6,8H,3-5H2,1-2H3. The fourth-order valence-corrected chi connectivity index (χ4v) is 3.02. The lowest BCUT2D eigenvalue weighted by atomic mass is 10.5. The van der Waals surface area contributed by atoms with Crippen molar-refractivity contribution in [2.75, 3.05) is 6.61 Å². The minimum Gasteiger partial charge on any atom is -0.395 e. The number of aliphatic hydroxyl groups is 1. The summed E-state index contributed by atoms with van der Waals surface area (Å²) in [5, 5.41) is 8.50. The van der Waals surface area contributed by atoms with Crippen molar-refractivity contribution in [3.05, 3.63) is 0 Å². The zero-order chi connectivity index (χ0) is 8.70. The van der Waals surface area contributed by atoms with Gasteiger partial charge in [-0.25, -0.2) is 8.42 Å². The van der Waals surface area contributed by atoms with E-state index < -0.39 is 14.6 Å². The monoisotopic (exact) mass is 178 g/mol. The molecule has 0 heterocycles. The van der Waals surface area contributed by atoms with Gasteiger partial charge in [-0.2, -0.15) is 0 Å². The second-order valence-corrected chi connectivity index (χ2v) is 6.33. The van der Waals surface area contributed by atoms with Gasteiger partial charge in [-0.05, 0) is 26.7 Å². The Morgan fingerprint density at radius 2 is 1.91 bits per heavy atom. The number of hydrogen-bond donors (Lipinski definition) is 1. The molecule has 4 heteroatoms. The first-order chi connectivity index (χ1) is 4.96. The van der Waals surface area contributed by atoms with E-state index in [-0.39, 0.29) is 11.9 Å². The van der Waals surface area contributed by atoms with Crippen molar-refractivity contribution in [1.82, 2.24) is 0 Å². The number of sulfone groups is 1. The van der Waals surface area contributed by atoms with E-state index in [0.29, 0.717) is 12.8 Å². The van der Waals surface area contributed by atoms with Gasteiger partial charge in [0.2, 0.25) is 0 Å². The molecule has 0 aromatic carbocycles. The van der Waals surface area contributed by atoms with E-state index in [1.807, 2.05) is 0 Å². The highest BCUT2D eigenvalue weighted by atomic mass is 32.2. The maximum Gasteiger partial charge on any atom is 0.160 e. The Morgan fingerprint density at radius 1 is 1.45 bits per heavy atom. The largest absolute Gasteiger partial charge is 0.395 e. The van der Waals surface area contributed by atoms with E-state index in [4.69, 9.17) is 5.11 Å². The third-order valence-electron chi connectivity index (χ3n) is 2.32. The molecule has 0 amide bonds. The van der Waals surface area contributed by atoms with Gasteiger partial charge in [0.05, 0.1) is 16.6 Å². The van der Waals surface area contributed by atoms with Crippen LogP contribution in [0.5, 0.6) is 0 Å². The summed E-state index contributed by atoms with van der Waals surface area (Å²) in [6.45, 7) is 3.10. The topological polar surface area (TPSA) is 54.4 Å². The molecule has 0 spiro atoms. The van der Waals surface area contributed by atoms with Gasteiger partial charge in [0.25, 0.3) is 0 Å². The first kappa shape index (κ1) is 9.00. The minimum absolute atomic E-state index is 0.215. The number of aliphatic hydroxyl groups excluding tert-OH is 1. The van der Waals surface area contributed by atoms with Gasteiger partial charge in [-0.1, -0.05) is 0 Å². The van der Waals surface area contributed by atoms with Crippen LogP contribution < -0.4 is 0 Å². The van der Waals surface area contributed by atoms with Gasteiger partial charge < -0.3 is 5.11 Å². The van der Waals surface area contributed by atoms with Crippen molar-refractivity contribution in [2.24, 2.45) is 0 Å². The molecular formula is C7H14O3S. The van der Waals surface area contributed by atoms with E-state index >= 15 is 0 Å². The molecule has 0 bridgehead atoms. The molecule has 0 aliphatic heterocycles. The van der Waals surface area contributed by atoms with Gasteiger partial charge in [0.15, 0.2) is 9.84 Å². The van der Waals surface area contributed by atoms with Crippen LogP contribution in [0.1, 0.15) is 26.7 Å². The first-order valence-corrected chi connectivity index (χ1v) is 5.35. The Hall–Kier alpha value is -0.0900. The summed E-state index contributed by atoms with van der Waals surface area (Å²) < 4.78 is 22.2. The predicted octanol–water partition coefficient (Wildman–Crippen LogP) is 0.334. The van der Waals surface area contributed by atoms with E-state index in [9.17, 15) is 8.42 Å². The third kappa shape index (κ3) is 1.18. The zero-order valence-electron chi connectivity index (χ0n) is 6.87. The normalized spacial score (nSPS) is 22.2. The molecule has 0 radical (unpaired) electrons. The highest BCUT2D eigenvalue weighted by Crippen LogP contribution is 2.44. The molecule has 0 saturated heterocycles. The van der Waals surface area contributed by atoms with Crippen LogP contribution in [-0.4, -0.2) is 30.1 Å². The molecule has 66 valence electrons. The van der Waals surface area contributed by atoms with Gasteiger partial charge >= 0.3 is 0 Å². The molecule has 0 aromatic rings. The van der Waals surface area contributed by atoms with Crippen molar-refractivity contribution in [1.29, 1.82) is 0 Å². The van der Waals surface area contributed by atoms with Crippen LogP contribution in [0.3, 0.4) is 0 Å². The maximum atomic E-state index is 11.5. The molecule has 1 fully saturated rings. The fraction of sp³-hybridized carbons (Fsp3) is 1.00. The molecule has 1 saturated carbocycles. The fourth-order valence-electron chi connectivity index (χ4n) is 1.17. The average molecular weight is 178 g/mol. The molecular weight excluding hydrogens is 164 g/mol. The SMILES string of the molecule is CC(C)S(=O)(=O)C1(CO)CC1. The summed E-state index contributed by atoms with van der Waals surface area (Å²) >= 11 is 0. The molecule has 1 aliphatic carbocycles. The Labute approximate surface area is 67.3 Å². The van der Waals surface area contributed by atoms with E-state index in [0.717, 1.165) is 0 Å². The van der Waals surface area contributed by atoms with Crippen molar-refractivity contribution >= 4 is 9.84 Å². The van der Waals surface area contributed by atoms with Crippen LogP contribution in [0.4, 0.5) is 0 Å². The molecule has 0 unspecified atom stereocenters. The van der Waals surface area contributed by atoms with Crippen molar-refractivity contribution in [3.63, 3.8) is 0 Å². The summed E-state index contributed by atoms with van der Waals surface area (Å²) in [6.07, 6.45) is 1.26. The highest BCUT2D eigenvalue weighted by molar-refractivity contribution is 7.93. The van der Waals surface area contributed by atoms with Crippen molar-refractivity contribution in [2.45, 2.75) is 36.7 Å². The van der Waals surface area contributed by atoms with E-state index in [2.05, 4.69) is 0 Å². The van der Waals surface area contributed by atoms with Crippen LogP contribution in [0, 0.1) is 0 Å². The summed E-state index contributed by atoms with van der Waals surface area (Å²) in [5.74, 6) is 0. The quantitative estimate of drug-likeness (QED) is 0.677. The number of hydrogen-bond acceptors (Lipinski definition) is 3. The molecule has 0 atom stereocenters. The zero-order valence-corrected chi connectivity index (χ0v) is 7.69. The molecule has 11 heavy (non-hydrogen) atoms. The Kier molecular flexibility index (Phi) is 2.01. The lowest BCUT2D eigenvalue weighted by Crippen LogP contribution is -2.33. The summed E-state index contributed by atoms with van der Waals surface area (Å²) in [5.41, 5.74) is 0. The minimum atomic E-state index is -3.07. The van der Waals surface area contributed by atoms with E-state index in [1.165, 1.54) is 0 Å². The summed E-state index contributed by atoms with van der Waals surface area (Å²) in [6, 6.07) is 0. The van der Waals surface area contributed by atoms with Gasteiger partial charge in [-0.15, -0.1) is 0 Å². The highest BCUT2D eigenvalue weighted by Gasteiger charge is 2.54. The second-order valence-electron chi connectivity index (χ2n) is 3.43. The molecule has 0 aromatic heterocycles. The first-order valence-electron chi connectivity index (χ1n) is 3.80. The summed E-state index contributed by atoms with van der Waals surface area (Å²) in [7, 11) is -3.07. The van der Waals surface area contributed by atoms with Gasteiger partial charge in [0, 0.05) is 0 Å². The molecule has 1 aliphatic rings. The Bertz CT molecular complexity index is 236. The van der Waals surface area contributed by atoms with Crippen LogP contribution >= 0.6 is 0 Å². The Balaban J connectivity index is 2.90. The predicted molar refractivity (Wildman–Crippen MR) is 43.1 cm³/mol. The van der Waals surface area contributed by atoms with Crippen LogP contribution in [-0.2, 0) is 9.84 Å². The van der Waals surface area contributed by atoms with Crippen LogP contribution in [0.15, 0.2) is 0 Å². The third-order valence-corrected chi connectivity index (χ3v) is 5.31. The average Bonchev–Trinajstić information content (AvgIpc) is 2.66. The lowest BCUT2D eigenvalue weighted by Gasteiger charge is -2.15. The molecule has 1 rings (SSSR count). The van der Waals surface area contributed by atoms with Crippen molar-refractivity contribution in [3.8, 4) is 0 Å². The van der Waals surface area contributed by atoms with Gasteiger partial charge in [-0.3, -0.25) is 0 Å².